The normalized spacial score (nSPS) is 10.4. The van der Waals surface area contributed by atoms with Crippen molar-refractivity contribution in [2.45, 2.75) is 6.92 Å². The van der Waals surface area contributed by atoms with Crippen molar-refractivity contribution in [2.24, 2.45) is 0 Å². The van der Waals surface area contributed by atoms with E-state index in [9.17, 15) is 0 Å². The lowest BCUT2D eigenvalue weighted by molar-refractivity contribution is 0.158. The lowest BCUT2D eigenvalue weighted by Crippen LogP contribution is -2.08. The van der Waals surface area contributed by atoms with E-state index in [1.165, 1.54) is 11.3 Å². The molecule has 92 valence electrons. The van der Waals surface area contributed by atoms with Gasteiger partial charge in [0, 0.05) is 26.8 Å². The summed E-state index contributed by atoms with van der Waals surface area (Å²) in [6, 6.07) is 0. The number of nitrogens with one attached hydrogen (secondary N) is 2. The van der Waals surface area contributed by atoms with Crippen LogP contribution in [0.5, 0.6) is 0 Å². The van der Waals surface area contributed by atoms with E-state index in [-0.39, 0.29) is 0 Å². The molecule has 0 aliphatic heterocycles. The number of rotatable bonds is 9. The Hall–Kier alpha value is -0.920. The zero-order chi connectivity index (χ0) is 11.6. The van der Waals surface area contributed by atoms with Gasteiger partial charge in [-0.15, -0.1) is 10.2 Å². The molecule has 16 heavy (non-hydrogen) atoms. The number of nitrogens with zero attached hydrogens (tertiary/aromatic N) is 2. The van der Waals surface area contributed by atoms with Crippen molar-refractivity contribution in [1.29, 1.82) is 0 Å². The Morgan fingerprint density at radius 1 is 1.12 bits per heavy atom. The van der Waals surface area contributed by atoms with E-state index in [1.54, 1.807) is 7.11 Å². The molecule has 1 aromatic heterocycles. The Morgan fingerprint density at radius 3 is 2.31 bits per heavy atom. The fourth-order valence-electron chi connectivity index (χ4n) is 1.00. The molecule has 1 rings (SSSR count). The highest BCUT2D eigenvalue weighted by molar-refractivity contribution is 7.19. The first-order valence-electron chi connectivity index (χ1n) is 5.24. The largest absolute Gasteiger partial charge is 0.383 e. The fraction of sp³-hybridized carbons (Fsp3) is 0.778. The highest BCUT2D eigenvalue weighted by atomic mass is 32.1. The molecule has 0 saturated heterocycles. The average molecular weight is 246 g/mol. The van der Waals surface area contributed by atoms with E-state index in [0.717, 1.165) is 30.0 Å². The molecule has 2 N–H and O–H groups in total. The van der Waals surface area contributed by atoms with E-state index >= 15 is 0 Å². The van der Waals surface area contributed by atoms with Crippen LogP contribution in [0.1, 0.15) is 6.92 Å². The minimum atomic E-state index is 0.659. The molecule has 0 bridgehead atoms. The van der Waals surface area contributed by atoms with Crippen molar-refractivity contribution >= 4 is 21.6 Å². The van der Waals surface area contributed by atoms with Gasteiger partial charge in [0.2, 0.25) is 10.3 Å². The van der Waals surface area contributed by atoms with Gasteiger partial charge in [-0.25, -0.2) is 0 Å². The van der Waals surface area contributed by atoms with Crippen molar-refractivity contribution in [3.63, 3.8) is 0 Å². The van der Waals surface area contributed by atoms with Crippen LogP contribution in [0.2, 0.25) is 0 Å². The third-order valence-electron chi connectivity index (χ3n) is 1.73. The Kier molecular flexibility index (Phi) is 6.78. The second-order valence-electron chi connectivity index (χ2n) is 2.96. The molecule has 1 aromatic rings. The molecule has 6 nitrogen and oxygen atoms in total. The topological polar surface area (TPSA) is 68.3 Å². The number of methoxy groups -OCH3 is 1. The number of ether oxygens (including phenoxy) is 2. The second kappa shape index (κ2) is 8.26. The molecule has 0 fully saturated rings. The van der Waals surface area contributed by atoms with Crippen molar-refractivity contribution in [3.8, 4) is 0 Å². The molecule has 1 heterocycles. The number of hydrogen-bond donors (Lipinski definition) is 2. The molecule has 0 atom stereocenters. The maximum atomic E-state index is 5.20. The Morgan fingerprint density at radius 2 is 1.75 bits per heavy atom. The molecule has 0 radical (unpaired) electrons. The lowest BCUT2D eigenvalue weighted by Gasteiger charge is -2.01. The molecule has 0 amide bonds. The summed E-state index contributed by atoms with van der Waals surface area (Å²) in [5.41, 5.74) is 0. The van der Waals surface area contributed by atoms with Crippen LogP contribution in [0.3, 0.4) is 0 Å². The Bertz CT molecular complexity index is 282. The van der Waals surface area contributed by atoms with E-state index in [1.807, 2.05) is 6.92 Å². The van der Waals surface area contributed by atoms with Crippen LogP contribution in [0.4, 0.5) is 10.3 Å². The van der Waals surface area contributed by atoms with Gasteiger partial charge in [0.05, 0.1) is 13.2 Å². The van der Waals surface area contributed by atoms with Crippen LogP contribution in [-0.2, 0) is 9.47 Å². The van der Waals surface area contributed by atoms with Crippen molar-refractivity contribution in [1.82, 2.24) is 10.2 Å². The first-order chi connectivity index (χ1) is 7.86. The predicted octanol–water partition coefficient (Wildman–Crippen LogP) is 1.04. The van der Waals surface area contributed by atoms with Crippen molar-refractivity contribution < 1.29 is 9.47 Å². The molecular formula is C9H18N4O2S. The predicted molar refractivity (Wildman–Crippen MR) is 65.3 cm³/mol. The molecule has 0 aliphatic rings. The van der Waals surface area contributed by atoms with Gasteiger partial charge in [0.1, 0.15) is 0 Å². The summed E-state index contributed by atoms with van der Waals surface area (Å²) in [6.45, 7) is 5.55. The monoisotopic (exact) mass is 246 g/mol. The van der Waals surface area contributed by atoms with Crippen molar-refractivity contribution in [2.75, 3.05) is 50.7 Å². The zero-order valence-corrected chi connectivity index (χ0v) is 10.5. The molecular weight excluding hydrogens is 228 g/mol. The SMILES string of the molecule is CCOCCNc1nnc(NCCOC)s1. The number of aromatic nitrogens is 2. The van der Waals surface area contributed by atoms with E-state index in [4.69, 9.17) is 9.47 Å². The standard InChI is InChI=1S/C9H18N4O2S/c1-3-15-7-5-11-9-13-12-8(16-9)10-4-6-14-2/h3-7H2,1-2H3,(H,10,12)(H,11,13). The first kappa shape index (κ1) is 13.1. The van der Waals surface area contributed by atoms with E-state index in [0.29, 0.717) is 13.2 Å². The number of hydrogen-bond acceptors (Lipinski definition) is 7. The summed E-state index contributed by atoms with van der Waals surface area (Å²) < 4.78 is 10.1. The van der Waals surface area contributed by atoms with Gasteiger partial charge in [-0.2, -0.15) is 0 Å². The van der Waals surface area contributed by atoms with Gasteiger partial charge < -0.3 is 20.1 Å². The summed E-state index contributed by atoms with van der Waals surface area (Å²) in [5.74, 6) is 0. The molecule has 0 saturated carbocycles. The van der Waals surface area contributed by atoms with Crippen LogP contribution < -0.4 is 10.6 Å². The van der Waals surface area contributed by atoms with Gasteiger partial charge >= 0.3 is 0 Å². The van der Waals surface area contributed by atoms with E-state index < -0.39 is 0 Å². The van der Waals surface area contributed by atoms with Crippen LogP contribution in [0.15, 0.2) is 0 Å². The van der Waals surface area contributed by atoms with Crippen molar-refractivity contribution in [3.05, 3.63) is 0 Å². The smallest absolute Gasteiger partial charge is 0.207 e. The summed E-state index contributed by atoms with van der Waals surface area (Å²) in [5, 5.41) is 15.8. The van der Waals surface area contributed by atoms with Crippen LogP contribution in [0.25, 0.3) is 0 Å². The quantitative estimate of drug-likeness (QED) is 0.635. The molecule has 0 unspecified atom stereocenters. The molecule has 0 aromatic carbocycles. The third-order valence-corrected chi connectivity index (χ3v) is 2.57. The van der Waals surface area contributed by atoms with Crippen LogP contribution in [0, 0.1) is 0 Å². The second-order valence-corrected chi connectivity index (χ2v) is 3.93. The molecule has 0 spiro atoms. The Labute approximate surface area is 99.4 Å². The van der Waals surface area contributed by atoms with Crippen LogP contribution in [-0.4, -0.2) is 50.2 Å². The highest BCUT2D eigenvalue weighted by Crippen LogP contribution is 2.18. The Balaban J connectivity index is 2.17. The van der Waals surface area contributed by atoms with Gasteiger partial charge in [0.25, 0.3) is 0 Å². The minimum absolute atomic E-state index is 0.659. The minimum Gasteiger partial charge on any atom is -0.383 e. The summed E-state index contributed by atoms with van der Waals surface area (Å²) in [4.78, 5) is 0. The highest BCUT2D eigenvalue weighted by Gasteiger charge is 2.01. The summed E-state index contributed by atoms with van der Waals surface area (Å²) in [6.07, 6.45) is 0. The fourth-order valence-corrected chi connectivity index (χ4v) is 1.70. The maximum absolute atomic E-state index is 5.20. The summed E-state index contributed by atoms with van der Waals surface area (Å²) in [7, 11) is 1.67. The number of anilines is 2. The van der Waals surface area contributed by atoms with Gasteiger partial charge in [-0.1, -0.05) is 11.3 Å². The summed E-state index contributed by atoms with van der Waals surface area (Å²) >= 11 is 1.49. The van der Waals surface area contributed by atoms with Crippen LogP contribution >= 0.6 is 11.3 Å². The van der Waals surface area contributed by atoms with Gasteiger partial charge in [-0.3, -0.25) is 0 Å². The lowest BCUT2D eigenvalue weighted by atomic mass is 10.7. The van der Waals surface area contributed by atoms with Gasteiger partial charge in [-0.05, 0) is 6.92 Å². The molecule has 0 aliphatic carbocycles. The zero-order valence-electron chi connectivity index (χ0n) is 9.65. The third kappa shape index (κ3) is 5.24. The van der Waals surface area contributed by atoms with Gasteiger partial charge in [0.15, 0.2) is 0 Å². The maximum Gasteiger partial charge on any atom is 0.207 e. The molecule has 7 heteroatoms. The first-order valence-corrected chi connectivity index (χ1v) is 6.06. The average Bonchev–Trinajstić information content (AvgIpc) is 2.73. The van der Waals surface area contributed by atoms with E-state index in [2.05, 4.69) is 20.8 Å².